The third-order valence-corrected chi connectivity index (χ3v) is 2.28. The third-order valence-electron chi connectivity index (χ3n) is 2.28. The second-order valence-electron chi connectivity index (χ2n) is 3.72. The Labute approximate surface area is 108 Å². The van der Waals surface area contributed by atoms with Crippen molar-refractivity contribution >= 4 is 5.97 Å². The third kappa shape index (κ3) is 4.57. The second kappa shape index (κ2) is 7.48. The topological polar surface area (TPSA) is 48.4 Å². The van der Waals surface area contributed by atoms with Crippen molar-refractivity contribution in [3.8, 4) is 5.75 Å². The van der Waals surface area contributed by atoms with E-state index in [2.05, 4.69) is 4.98 Å². The summed E-state index contributed by atoms with van der Waals surface area (Å²) in [6, 6.07) is 3.81. The maximum absolute atomic E-state index is 11.0. The number of ether oxygens (including phenoxy) is 2. The average Bonchev–Trinajstić information content (AvgIpc) is 2.36. The van der Waals surface area contributed by atoms with Crippen LogP contribution in [0, 0.1) is 6.92 Å². The van der Waals surface area contributed by atoms with E-state index in [-0.39, 0.29) is 5.97 Å². The molecule has 0 bridgehead atoms. The fourth-order valence-electron chi connectivity index (χ4n) is 1.46. The van der Waals surface area contributed by atoms with Crippen LogP contribution in [-0.4, -0.2) is 24.2 Å². The zero-order valence-corrected chi connectivity index (χ0v) is 11.1. The van der Waals surface area contributed by atoms with Gasteiger partial charge in [-0.15, -0.1) is 0 Å². The van der Waals surface area contributed by atoms with Crippen LogP contribution in [0.25, 0.3) is 0 Å². The zero-order chi connectivity index (χ0) is 13.4. The molecule has 0 amide bonds. The number of rotatable bonds is 6. The summed E-state index contributed by atoms with van der Waals surface area (Å²) in [5, 5.41) is 0. The predicted molar refractivity (Wildman–Crippen MR) is 69.6 cm³/mol. The Morgan fingerprint density at radius 2 is 2.17 bits per heavy atom. The number of carbonyl (C=O) groups is 1. The maximum Gasteiger partial charge on any atom is 0.330 e. The van der Waals surface area contributed by atoms with Crippen molar-refractivity contribution in [1.82, 2.24) is 4.98 Å². The summed E-state index contributed by atoms with van der Waals surface area (Å²) in [5.41, 5.74) is 1.90. The Hall–Kier alpha value is -1.84. The summed E-state index contributed by atoms with van der Waals surface area (Å²) in [6.07, 6.45) is 3.83. The molecule has 1 rings (SSSR count). The van der Waals surface area contributed by atoms with Crippen molar-refractivity contribution in [2.45, 2.75) is 27.2 Å². The highest BCUT2D eigenvalue weighted by Crippen LogP contribution is 2.17. The Balaban J connectivity index is 2.51. The minimum atomic E-state index is -0.348. The summed E-state index contributed by atoms with van der Waals surface area (Å²) < 4.78 is 10.3. The van der Waals surface area contributed by atoms with Crippen LogP contribution in [-0.2, 0) is 16.0 Å². The van der Waals surface area contributed by atoms with Gasteiger partial charge in [0.25, 0.3) is 0 Å². The van der Waals surface area contributed by atoms with Crippen LogP contribution < -0.4 is 4.74 Å². The van der Waals surface area contributed by atoms with Crippen molar-refractivity contribution in [3.63, 3.8) is 0 Å². The molecule has 0 radical (unpaired) electrons. The van der Waals surface area contributed by atoms with Gasteiger partial charge >= 0.3 is 5.97 Å². The molecule has 18 heavy (non-hydrogen) atoms. The van der Waals surface area contributed by atoms with E-state index >= 15 is 0 Å². The SMILES string of the molecule is CCOC(=O)/C=C/COc1ccc(C)nc1CC. The molecule has 98 valence electrons. The number of carbonyl (C=O) groups excluding carboxylic acids is 1. The van der Waals surface area contributed by atoms with Gasteiger partial charge in [0.15, 0.2) is 0 Å². The van der Waals surface area contributed by atoms with Gasteiger partial charge in [-0.25, -0.2) is 4.79 Å². The van der Waals surface area contributed by atoms with E-state index in [4.69, 9.17) is 9.47 Å². The molecule has 0 aliphatic heterocycles. The first-order valence-electron chi connectivity index (χ1n) is 6.10. The van der Waals surface area contributed by atoms with E-state index in [0.717, 1.165) is 23.6 Å². The molecule has 1 aromatic rings. The second-order valence-corrected chi connectivity index (χ2v) is 3.72. The number of nitrogens with zero attached hydrogens (tertiary/aromatic N) is 1. The van der Waals surface area contributed by atoms with Gasteiger partial charge in [-0.2, -0.15) is 0 Å². The number of esters is 1. The van der Waals surface area contributed by atoms with Crippen molar-refractivity contribution in [1.29, 1.82) is 0 Å². The van der Waals surface area contributed by atoms with Crippen molar-refractivity contribution in [3.05, 3.63) is 35.7 Å². The lowest BCUT2D eigenvalue weighted by atomic mass is 10.2. The maximum atomic E-state index is 11.0. The van der Waals surface area contributed by atoms with E-state index < -0.39 is 0 Å². The van der Waals surface area contributed by atoms with Gasteiger partial charge in [-0.3, -0.25) is 4.98 Å². The fraction of sp³-hybridized carbons (Fsp3) is 0.429. The van der Waals surface area contributed by atoms with Crippen LogP contribution in [0.4, 0.5) is 0 Å². The molecule has 0 fully saturated rings. The van der Waals surface area contributed by atoms with E-state index in [9.17, 15) is 4.79 Å². The van der Waals surface area contributed by atoms with Gasteiger partial charge in [0, 0.05) is 11.8 Å². The molecule has 4 heteroatoms. The number of aromatic nitrogens is 1. The van der Waals surface area contributed by atoms with Gasteiger partial charge < -0.3 is 9.47 Å². The highest BCUT2D eigenvalue weighted by molar-refractivity contribution is 5.81. The van der Waals surface area contributed by atoms with Crippen LogP contribution in [0.1, 0.15) is 25.2 Å². The van der Waals surface area contributed by atoms with Gasteiger partial charge in [-0.1, -0.05) is 6.92 Å². The average molecular weight is 249 g/mol. The van der Waals surface area contributed by atoms with Gasteiger partial charge in [0.05, 0.1) is 12.3 Å². The summed E-state index contributed by atoms with van der Waals surface area (Å²) in [5.74, 6) is 0.412. The van der Waals surface area contributed by atoms with Gasteiger partial charge in [0.2, 0.25) is 0 Å². The molecule has 1 aromatic heterocycles. The van der Waals surface area contributed by atoms with Crippen molar-refractivity contribution in [2.75, 3.05) is 13.2 Å². The number of hydrogen-bond acceptors (Lipinski definition) is 4. The molecule has 0 N–H and O–H groups in total. The smallest absolute Gasteiger partial charge is 0.330 e. The predicted octanol–water partition coefficient (Wildman–Crippen LogP) is 2.45. The van der Waals surface area contributed by atoms with Crippen LogP contribution in [0.5, 0.6) is 5.75 Å². The van der Waals surface area contributed by atoms with Crippen LogP contribution >= 0.6 is 0 Å². The van der Waals surface area contributed by atoms with E-state index in [0.29, 0.717) is 13.2 Å². The fourth-order valence-corrected chi connectivity index (χ4v) is 1.46. The Morgan fingerprint density at radius 1 is 1.39 bits per heavy atom. The first-order chi connectivity index (χ1) is 8.67. The molecule has 0 saturated heterocycles. The first kappa shape index (κ1) is 14.2. The van der Waals surface area contributed by atoms with Crippen molar-refractivity contribution in [2.24, 2.45) is 0 Å². The van der Waals surface area contributed by atoms with Crippen molar-refractivity contribution < 1.29 is 14.3 Å². The van der Waals surface area contributed by atoms with Crippen LogP contribution in [0.2, 0.25) is 0 Å². The molecule has 0 atom stereocenters. The first-order valence-corrected chi connectivity index (χ1v) is 6.10. The summed E-state index contributed by atoms with van der Waals surface area (Å²) in [4.78, 5) is 15.4. The number of pyridine rings is 1. The molecule has 0 aliphatic carbocycles. The lowest BCUT2D eigenvalue weighted by Crippen LogP contribution is -2.02. The molecule has 4 nitrogen and oxygen atoms in total. The highest BCUT2D eigenvalue weighted by atomic mass is 16.5. The highest BCUT2D eigenvalue weighted by Gasteiger charge is 2.02. The lowest BCUT2D eigenvalue weighted by Gasteiger charge is -2.08. The molecule has 0 aliphatic rings. The Bertz CT molecular complexity index is 427. The van der Waals surface area contributed by atoms with E-state index in [1.165, 1.54) is 6.08 Å². The standard InChI is InChI=1S/C14H19NO3/c1-4-12-13(9-8-11(3)15-12)18-10-6-7-14(16)17-5-2/h6-9H,4-5,10H2,1-3H3/b7-6+. The Morgan fingerprint density at radius 3 is 2.83 bits per heavy atom. The van der Waals surface area contributed by atoms with Crippen LogP contribution in [0.15, 0.2) is 24.3 Å². The number of hydrogen-bond donors (Lipinski definition) is 0. The Kier molecular flexibility index (Phi) is 5.91. The summed E-state index contributed by atoms with van der Waals surface area (Å²) in [6.45, 7) is 6.46. The van der Waals surface area contributed by atoms with Crippen LogP contribution in [0.3, 0.4) is 0 Å². The largest absolute Gasteiger partial charge is 0.488 e. The molecular formula is C14H19NO3. The molecule has 0 aromatic carbocycles. The van der Waals surface area contributed by atoms with E-state index in [1.807, 2.05) is 26.0 Å². The zero-order valence-electron chi connectivity index (χ0n) is 11.1. The molecule has 0 spiro atoms. The summed E-state index contributed by atoms with van der Waals surface area (Å²) >= 11 is 0. The quantitative estimate of drug-likeness (QED) is 0.574. The van der Waals surface area contributed by atoms with Gasteiger partial charge in [-0.05, 0) is 38.5 Å². The molecule has 1 heterocycles. The summed E-state index contributed by atoms with van der Waals surface area (Å²) in [7, 11) is 0. The number of aryl methyl sites for hydroxylation is 2. The minimum Gasteiger partial charge on any atom is -0.488 e. The lowest BCUT2D eigenvalue weighted by molar-refractivity contribution is -0.137. The molecule has 0 saturated carbocycles. The van der Waals surface area contributed by atoms with E-state index in [1.54, 1.807) is 13.0 Å². The molecular weight excluding hydrogens is 230 g/mol. The minimum absolute atomic E-state index is 0.330. The van der Waals surface area contributed by atoms with Gasteiger partial charge in [0.1, 0.15) is 12.4 Å². The molecule has 0 unspecified atom stereocenters. The normalized spacial score (nSPS) is 10.6. The monoisotopic (exact) mass is 249 g/mol.